The number of hydrogen-bond donors (Lipinski definition) is 2. The van der Waals surface area contributed by atoms with E-state index in [1.165, 1.54) is 0 Å². The van der Waals surface area contributed by atoms with Crippen molar-refractivity contribution in [1.82, 2.24) is 0 Å². The minimum absolute atomic E-state index is 0.00725. The van der Waals surface area contributed by atoms with Crippen molar-refractivity contribution in [2.75, 3.05) is 19.0 Å². The van der Waals surface area contributed by atoms with Gasteiger partial charge in [0.2, 0.25) is 5.91 Å². The Morgan fingerprint density at radius 2 is 2.28 bits per heavy atom. The van der Waals surface area contributed by atoms with Gasteiger partial charge in [-0.15, -0.1) is 0 Å². The van der Waals surface area contributed by atoms with E-state index in [2.05, 4.69) is 21.2 Å². The molecule has 1 aromatic carbocycles. The maximum absolute atomic E-state index is 11.9. The van der Waals surface area contributed by atoms with E-state index < -0.39 is 0 Å². The van der Waals surface area contributed by atoms with Gasteiger partial charge in [0.25, 0.3) is 0 Å². The molecule has 0 fully saturated rings. The minimum atomic E-state index is -0.0387. The number of halogens is 1. The van der Waals surface area contributed by atoms with Crippen molar-refractivity contribution in [1.29, 1.82) is 0 Å². The highest BCUT2D eigenvalue weighted by Crippen LogP contribution is 2.28. The summed E-state index contributed by atoms with van der Waals surface area (Å²) in [5.41, 5.74) is 6.17. The SMILES string of the molecule is COc1cc(NC(=O)C(C)CCCN)ccc1Br. The average Bonchev–Trinajstić information content (AvgIpc) is 2.37. The molecule has 1 atom stereocenters. The van der Waals surface area contributed by atoms with Crippen molar-refractivity contribution in [2.24, 2.45) is 11.7 Å². The van der Waals surface area contributed by atoms with Crippen molar-refractivity contribution < 1.29 is 9.53 Å². The van der Waals surface area contributed by atoms with E-state index in [4.69, 9.17) is 10.5 Å². The summed E-state index contributed by atoms with van der Waals surface area (Å²) in [6.45, 7) is 2.52. The number of rotatable bonds is 6. The van der Waals surface area contributed by atoms with Gasteiger partial charge in [0.05, 0.1) is 11.6 Å². The molecule has 0 aliphatic rings. The summed E-state index contributed by atoms with van der Waals surface area (Å²) in [7, 11) is 1.59. The molecule has 0 saturated heterocycles. The third-order valence-corrected chi connectivity index (χ3v) is 3.36. The smallest absolute Gasteiger partial charge is 0.227 e. The summed E-state index contributed by atoms with van der Waals surface area (Å²) in [5.74, 6) is 0.665. The van der Waals surface area contributed by atoms with Gasteiger partial charge in [0.15, 0.2) is 0 Å². The molecule has 0 radical (unpaired) electrons. The van der Waals surface area contributed by atoms with Crippen LogP contribution in [-0.2, 0) is 4.79 Å². The van der Waals surface area contributed by atoms with Crippen LogP contribution in [0.4, 0.5) is 5.69 Å². The molecule has 0 aliphatic heterocycles. The number of nitrogens with one attached hydrogen (secondary N) is 1. The van der Waals surface area contributed by atoms with Gasteiger partial charge in [-0.25, -0.2) is 0 Å². The minimum Gasteiger partial charge on any atom is -0.495 e. The number of benzene rings is 1. The van der Waals surface area contributed by atoms with Crippen molar-refractivity contribution >= 4 is 27.5 Å². The van der Waals surface area contributed by atoms with Crippen molar-refractivity contribution in [3.63, 3.8) is 0 Å². The number of ether oxygens (including phenoxy) is 1. The first-order chi connectivity index (χ1) is 8.58. The Morgan fingerprint density at radius 1 is 1.56 bits per heavy atom. The predicted molar refractivity (Wildman–Crippen MR) is 76.8 cm³/mol. The summed E-state index contributed by atoms with van der Waals surface area (Å²) in [6.07, 6.45) is 1.66. The number of carbonyl (C=O) groups is 1. The average molecular weight is 315 g/mol. The summed E-state index contributed by atoms with van der Waals surface area (Å²) in [5, 5.41) is 2.87. The van der Waals surface area contributed by atoms with Crippen molar-refractivity contribution in [2.45, 2.75) is 19.8 Å². The Morgan fingerprint density at radius 3 is 2.89 bits per heavy atom. The zero-order valence-corrected chi connectivity index (χ0v) is 12.3. The third-order valence-electron chi connectivity index (χ3n) is 2.71. The number of nitrogens with two attached hydrogens (primary N) is 1. The zero-order chi connectivity index (χ0) is 13.5. The summed E-state index contributed by atoms with van der Waals surface area (Å²) in [4.78, 5) is 11.9. The topological polar surface area (TPSA) is 64.3 Å². The normalized spacial score (nSPS) is 12.0. The Balaban J connectivity index is 2.64. The first kappa shape index (κ1) is 15.0. The lowest BCUT2D eigenvalue weighted by molar-refractivity contribution is -0.119. The Labute approximate surface area is 116 Å². The lowest BCUT2D eigenvalue weighted by Crippen LogP contribution is -2.21. The number of hydrogen-bond acceptors (Lipinski definition) is 3. The second-order valence-electron chi connectivity index (χ2n) is 4.17. The maximum Gasteiger partial charge on any atom is 0.227 e. The Kier molecular flexibility index (Phi) is 6.15. The van der Waals surface area contributed by atoms with Crippen LogP contribution in [0.3, 0.4) is 0 Å². The van der Waals surface area contributed by atoms with Gasteiger partial charge < -0.3 is 15.8 Å². The van der Waals surface area contributed by atoms with Crippen LogP contribution < -0.4 is 15.8 Å². The van der Waals surface area contributed by atoms with Gasteiger partial charge >= 0.3 is 0 Å². The monoisotopic (exact) mass is 314 g/mol. The standard InChI is InChI=1S/C13H19BrN2O2/c1-9(4-3-7-15)13(17)16-10-5-6-11(14)12(8-10)18-2/h5-6,8-9H,3-4,7,15H2,1-2H3,(H,16,17). The Bertz CT molecular complexity index is 410. The van der Waals surface area contributed by atoms with Gasteiger partial charge in [0, 0.05) is 17.7 Å². The molecule has 1 amide bonds. The lowest BCUT2D eigenvalue weighted by Gasteiger charge is -2.12. The summed E-state index contributed by atoms with van der Waals surface area (Å²) >= 11 is 3.37. The number of amides is 1. The summed E-state index contributed by atoms with van der Waals surface area (Å²) in [6, 6.07) is 5.47. The first-order valence-corrected chi connectivity index (χ1v) is 6.72. The van der Waals surface area contributed by atoms with Crippen LogP contribution in [-0.4, -0.2) is 19.6 Å². The molecular weight excluding hydrogens is 296 g/mol. The molecule has 0 saturated carbocycles. The molecule has 5 heteroatoms. The van der Waals surface area contributed by atoms with Gasteiger partial charge in [-0.3, -0.25) is 4.79 Å². The maximum atomic E-state index is 11.9. The van der Waals surface area contributed by atoms with E-state index in [0.29, 0.717) is 12.3 Å². The first-order valence-electron chi connectivity index (χ1n) is 5.93. The molecule has 4 nitrogen and oxygen atoms in total. The molecule has 0 spiro atoms. The van der Waals surface area contributed by atoms with E-state index in [1.807, 2.05) is 19.1 Å². The lowest BCUT2D eigenvalue weighted by atomic mass is 10.0. The molecule has 1 aromatic rings. The van der Waals surface area contributed by atoms with Crippen LogP contribution in [0.25, 0.3) is 0 Å². The molecule has 0 aromatic heterocycles. The molecule has 1 unspecified atom stereocenters. The second-order valence-corrected chi connectivity index (χ2v) is 5.02. The van der Waals surface area contributed by atoms with Crippen LogP contribution in [0, 0.1) is 5.92 Å². The van der Waals surface area contributed by atoms with E-state index in [-0.39, 0.29) is 11.8 Å². The molecule has 0 aliphatic carbocycles. The molecule has 18 heavy (non-hydrogen) atoms. The van der Waals surface area contributed by atoms with Gasteiger partial charge in [-0.2, -0.15) is 0 Å². The highest BCUT2D eigenvalue weighted by Gasteiger charge is 2.13. The van der Waals surface area contributed by atoms with Gasteiger partial charge in [0.1, 0.15) is 5.75 Å². The van der Waals surface area contributed by atoms with Crippen LogP contribution in [0.1, 0.15) is 19.8 Å². The van der Waals surface area contributed by atoms with Crippen LogP contribution in [0.5, 0.6) is 5.75 Å². The highest BCUT2D eigenvalue weighted by molar-refractivity contribution is 9.10. The highest BCUT2D eigenvalue weighted by atomic mass is 79.9. The Hall–Kier alpha value is -1.07. The van der Waals surface area contributed by atoms with E-state index in [0.717, 1.165) is 23.0 Å². The quantitative estimate of drug-likeness (QED) is 0.848. The fourth-order valence-corrected chi connectivity index (χ4v) is 1.97. The molecule has 3 N–H and O–H groups in total. The van der Waals surface area contributed by atoms with Crippen molar-refractivity contribution in [3.8, 4) is 5.75 Å². The third kappa shape index (κ3) is 4.31. The summed E-state index contributed by atoms with van der Waals surface area (Å²) < 4.78 is 6.04. The number of carbonyl (C=O) groups excluding carboxylic acids is 1. The predicted octanol–water partition coefficient (Wildman–Crippen LogP) is 2.77. The van der Waals surface area contributed by atoms with Crippen molar-refractivity contribution in [3.05, 3.63) is 22.7 Å². The van der Waals surface area contributed by atoms with Gasteiger partial charge in [-0.1, -0.05) is 6.92 Å². The molecular formula is C13H19BrN2O2. The molecule has 100 valence electrons. The second kappa shape index (κ2) is 7.38. The number of anilines is 1. The van der Waals surface area contributed by atoms with E-state index in [9.17, 15) is 4.79 Å². The zero-order valence-electron chi connectivity index (χ0n) is 10.7. The van der Waals surface area contributed by atoms with E-state index in [1.54, 1.807) is 13.2 Å². The fourth-order valence-electron chi connectivity index (χ4n) is 1.56. The van der Waals surface area contributed by atoms with Crippen LogP contribution >= 0.6 is 15.9 Å². The van der Waals surface area contributed by atoms with Crippen LogP contribution in [0.2, 0.25) is 0 Å². The molecule has 0 heterocycles. The molecule has 1 rings (SSSR count). The number of methoxy groups -OCH3 is 1. The van der Waals surface area contributed by atoms with Gasteiger partial charge in [-0.05, 0) is 47.4 Å². The van der Waals surface area contributed by atoms with Crippen LogP contribution in [0.15, 0.2) is 22.7 Å². The largest absolute Gasteiger partial charge is 0.495 e. The fraction of sp³-hybridized carbons (Fsp3) is 0.462. The van der Waals surface area contributed by atoms with E-state index >= 15 is 0 Å². The molecule has 0 bridgehead atoms.